The molecule has 4 heteroatoms. The van der Waals surface area contributed by atoms with E-state index in [4.69, 9.17) is 9.84 Å². The van der Waals surface area contributed by atoms with Crippen molar-refractivity contribution in [2.45, 2.75) is 276 Å². The monoisotopic (exact) mass is 1130 g/mol. The Hall–Kier alpha value is -3.55. The minimum absolute atomic E-state index is 0. The van der Waals surface area contributed by atoms with Crippen molar-refractivity contribution in [3.8, 4) is 0 Å². The van der Waals surface area contributed by atoms with Crippen molar-refractivity contribution in [2.75, 3.05) is 19.8 Å². The van der Waals surface area contributed by atoms with Crippen molar-refractivity contribution in [1.29, 1.82) is 0 Å². The molecule has 0 aliphatic carbocycles. The molecule has 0 heterocycles. The molecule has 0 radical (unpaired) electrons. The fraction of sp³-hybridized carbons (Fsp3) is 0.564. The van der Waals surface area contributed by atoms with E-state index in [0.29, 0.717) is 5.25 Å². The fourth-order valence-electron chi connectivity index (χ4n) is 9.20. The minimum atomic E-state index is 0. The summed E-state index contributed by atoms with van der Waals surface area (Å²) in [6.45, 7) is 39.6. The van der Waals surface area contributed by atoms with Gasteiger partial charge in [-0.1, -0.05) is 181 Å². The Balaban J connectivity index is -0.00000154. The number of ether oxygens (including phenoxy) is 1. The van der Waals surface area contributed by atoms with Gasteiger partial charge in [0.05, 0.1) is 13.2 Å². The van der Waals surface area contributed by atoms with Crippen LogP contribution in [0.1, 0.15) is 267 Å². The zero-order valence-electron chi connectivity index (χ0n) is 57.7. The normalized spacial score (nSPS) is 14.4. The number of benzene rings is 1. The zero-order chi connectivity index (χ0) is 60.5. The molecule has 0 bridgehead atoms. The molecule has 82 heavy (non-hydrogen) atoms. The molecule has 0 saturated carbocycles. The number of hydrogen-bond acceptors (Lipinski definition) is 3. The van der Waals surface area contributed by atoms with Gasteiger partial charge in [-0.2, -0.15) is 0 Å². The molecule has 0 amide bonds. The van der Waals surface area contributed by atoms with Gasteiger partial charge in [-0.3, -0.25) is 0 Å². The first-order chi connectivity index (χ1) is 38.7. The Morgan fingerprint density at radius 1 is 0.378 bits per heavy atom. The first kappa shape index (κ1) is 80.5. The molecule has 0 aliphatic heterocycles. The van der Waals surface area contributed by atoms with Crippen LogP contribution < -0.4 is 18.9 Å². The molecule has 1 unspecified atom stereocenters. The SMILES string of the molecule is CC(C)=CCC/C(C)=C/CC/C(C)=C/CC/C(C)=C/CC/C(C)=C/CC/C(C)=C/CC/C(C)=C/CO.CCOC/C=C(\C)CC/C=C(\C)CC/C=C(\C)CC(/C=C(\C)CC/C=C(\C)CC/C=C(\C)CCC=C(C)C)Sc1ccccc1.[H-].[Li+]. The first-order valence-electron chi connectivity index (χ1n) is 31.8. The van der Waals surface area contributed by atoms with E-state index in [1.165, 1.54) is 134 Å². The molecule has 1 N–H and O–H groups in total. The van der Waals surface area contributed by atoms with Gasteiger partial charge in [0.2, 0.25) is 0 Å². The average molecular weight is 1130 g/mol. The number of aliphatic hydroxyl groups excluding tert-OH is 1. The molecule has 0 spiro atoms. The van der Waals surface area contributed by atoms with Gasteiger partial charge in [-0.05, 0) is 278 Å². The number of allylic oxidation sites excluding steroid dienone is 25. The fourth-order valence-corrected chi connectivity index (χ4v) is 10.5. The number of rotatable bonds is 42. The summed E-state index contributed by atoms with van der Waals surface area (Å²) in [5.74, 6) is 0. The Labute approximate surface area is 527 Å². The van der Waals surface area contributed by atoms with Crippen molar-refractivity contribution >= 4 is 11.8 Å². The van der Waals surface area contributed by atoms with Crippen LogP contribution in [0.15, 0.2) is 198 Å². The molecule has 2 nitrogen and oxygen atoms in total. The number of hydrogen-bond donors (Lipinski definition) is 1. The van der Waals surface area contributed by atoms with Crippen molar-refractivity contribution < 1.29 is 30.1 Å². The minimum Gasteiger partial charge on any atom is -1.00 e. The zero-order valence-corrected chi connectivity index (χ0v) is 57.5. The van der Waals surface area contributed by atoms with E-state index in [2.05, 4.69) is 220 Å². The first-order valence-corrected chi connectivity index (χ1v) is 32.7. The van der Waals surface area contributed by atoms with E-state index in [9.17, 15) is 0 Å². The van der Waals surface area contributed by atoms with Crippen molar-refractivity contribution in [3.63, 3.8) is 0 Å². The second-order valence-corrected chi connectivity index (χ2v) is 25.4. The molecule has 1 rings (SSSR count). The molecule has 1 atom stereocenters. The van der Waals surface area contributed by atoms with Crippen LogP contribution in [0.5, 0.6) is 0 Å². The molecule has 456 valence electrons. The summed E-state index contributed by atoms with van der Waals surface area (Å²) in [6.07, 6.45) is 59.4. The van der Waals surface area contributed by atoms with E-state index in [1.807, 2.05) is 24.8 Å². The summed E-state index contributed by atoms with van der Waals surface area (Å²) >= 11 is 2.00. The van der Waals surface area contributed by atoms with Gasteiger partial charge in [0, 0.05) is 16.8 Å². The van der Waals surface area contributed by atoms with Gasteiger partial charge in [-0.15, -0.1) is 11.8 Å². The maximum Gasteiger partial charge on any atom is 1.00 e. The van der Waals surface area contributed by atoms with E-state index in [-0.39, 0.29) is 26.9 Å². The Kier molecular flexibility index (Phi) is 53.1. The van der Waals surface area contributed by atoms with Crippen LogP contribution in [0.3, 0.4) is 0 Å². The van der Waals surface area contributed by atoms with Crippen LogP contribution in [0.4, 0.5) is 0 Å². The van der Waals surface area contributed by atoms with Crippen LogP contribution >= 0.6 is 11.8 Å². The molecule has 1 aromatic carbocycles. The summed E-state index contributed by atoms with van der Waals surface area (Å²) in [7, 11) is 0. The predicted molar refractivity (Wildman–Crippen MR) is 371 cm³/mol. The molecule has 0 aromatic heterocycles. The molecule has 0 aliphatic rings. The quantitative estimate of drug-likeness (QED) is 0.0306. The van der Waals surface area contributed by atoms with E-state index in [0.717, 1.165) is 110 Å². The summed E-state index contributed by atoms with van der Waals surface area (Å²) in [6, 6.07) is 10.9. The van der Waals surface area contributed by atoms with E-state index >= 15 is 0 Å². The van der Waals surface area contributed by atoms with Crippen molar-refractivity contribution in [1.82, 2.24) is 0 Å². The summed E-state index contributed by atoms with van der Waals surface area (Å²) < 4.78 is 5.44. The second-order valence-electron chi connectivity index (χ2n) is 24.1. The number of aliphatic hydroxyl groups is 1. The molecule has 0 fully saturated rings. The Bertz CT molecular complexity index is 2290. The van der Waals surface area contributed by atoms with Crippen LogP contribution in [-0.4, -0.2) is 30.2 Å². The summed E-state index contributed by atoms with van der Waals surface area (Å²) in [5.41, 5.74) is 20.6. The van der Waals surface area contributed by atoms with Gasteiger partial charge in [-0.25, -0.2) is 0 Å². The molecule has 1 aromatic rings. The van der Waals surface area contributed by atoms with Gasteiger partial charge in [0.15, 0.2) is 0 Å². The maximum absolute atomic E-state index is 8.93. The van der Waals surface area contributed by atoms with Crippen LogP contribution in [0.2, 0.25) is 0 Å². The maximum atomic E-state index is 8.93. The standard InChI is InChI=1S/C43H66OS.C35H58O.Li.H/c1-10-44-32-31-39(7)26-16-23-38(6)25-18-28-41(9)34-43(45-42-29-12-11-13-30-42)33-40(8)27-17-24-37(5)22-15-21-36(4)20-14-19-35(2)3;1-29(2)15-9-16-30(3)17-10-18-31(4)19-11-20-32(5)21-12-22-33(6)23-13-24-34(7)25-14-26-35(8)27-28-36;;/h11-13,19,21,23-24,28-31,33,43H,10,14-18,20,22,25-27,32,34H2,1-9H3;15,17,19,21,23,25,27,36H,9-14,16,18,20,22,24,26,28H2,1-8H3;;/q;;+1;-1/b36-21+,37-24+,38-23+,39-31+,40-33+,41-28+;30-17+,31-19+,32-21+,33-23+,34-25+,35-27+;;. The van der Waals surface area contributed by atoms with Gasteiger partial charge in [0.1, 0.15) is 0 Å². The topological polar surface area (TPSA) is 29.5 Å². The van der Waals surface area contributed by atoms with Crippen LogP contribution in [0, 0.1) is 0 Å². The third kappa shape index (κ3) is 53.2. The second kappa shape index (κ2) is 54.1. The average Bonchev–Trinajstić information content (AvgIpc) is 3.40. The molecular weight excluding hydrogens is 1010 g/mol. The number of thioether (sulfide) groups is 1. The predicted octanol–water partition coefficient (Wildman–Crippen LogP) is 22.5. The smallest absolute Gasteiger partial charge is 1.00 e. The van der Waals surface area contributed by atoms with Crippen LogP contribution in [0.25, 0.3) is 0 Å². The van der Waals surface area contributed by atoms with Gasteiger partial charge >= 0.3 is 18.9 Å². The van der Waals surface area contributed by atoms with Gasteiger partial charge in [0.25, 0.3) is 0 Å². The third-order valence-corrected chi connectivity index (χ3v) is 15.8. The molecular formula is C78H125LiO2S. The summed E-state index contributed by atoms with van der Waals surface area (Å²) in [5, 5.41) is 9.38. The van der Waals surface area contributed by atoms with Crippen molar-refractivity contribution in [2.24, 2.45) is 0 Å². The summed E-state index contributed by atoms with van der Waals surface area (Å²) in [4.78, 5) is 1.35. The van der Waals surface area contributed by atoms with Gasteiger partial charge < -0.3 is 11.3 Å². The Morgan fingerprint density at radius 2 is 0.646 bits per heavy atom. The van der Waals surface area contributed by atoms with E-state index < -0.39 is 0 Å². The van der Waals surface area contributed by atoms with E-state index in [1.54, 1.807) is 0 Å². The third-order valence-electron chi connectivity index (χ3n) is 14.7. The Morgan fingerprint density at radius 3 is 0.939 bits per heavy atom. The van der Waals surface area contributed by atoms with Crippen LogP contribution in [-0.2, 0) is 4.74 Å². The largest absolute Gasteiger partial charge is 1.00 e. The van der Waals surface area contributed by atoms with Crippen molar-refractivity contribution in [3.05, 3.63) is 193 Å². The molecule has 0 saturated heterocycles.